The highest BCUT2D eigenvalue weighted by Crippen LogP contribution is 2.24. The molecule has 0 saturated carbocycles. The molecule has 0 atom stereocenters. The van der Waals surface area contributed by atoms with Gasteiger partial charge in [-0.25, -0.2) is 9.78 Å². The van der Waals surface area contributed by atoms with E-state index in [0.29, 0.717) is 23.1 Å². The molecule has 2 heterocycles. The minimum atomic E-state index is -0.604. The summed E-state index contributed by atoms with van der Waals surface area (Å²) in [5.41, 5.74) is 1.16. The molecule has 2 aromatic rings. The minimum absolute atomic E-state index is 0.0624. The third-order valence-corrected chi connectivity index (χ3v) is 3.82. The van der Waals surface area contributed by atoms with Crippen LogP contribution in [-0.4, -0.2) is 40.2 Å². The maximum Gasteiger partial charge on any atom is 0.358 e. The van der Waals surface area contributed by atoms with E-state index < -0.39 is 5.97 Å². The number of ketones is 1. The molecule has 0 aromatic carbocycles. The van der Waals surface area contributed by atoms with Crippen molar-refractivity contribution in [2.45, 2.75) is 20.4 Å². The summed E-state index contributed by atoms with van der Waals surface area (Å²) < 4.78 is 6.44. The smallest absolute Gasteiger partial charge is 0.358 e. The molecule has 1 N–H and O–H groups in total. The van der Waals surface area contributed by atoms with Crippen molar-refractivity contribution in [3.63, 3.8) is 0 Å². The lowest BCUT2D eigenvalue weighted by atomic mass is 10.3. The summed E-state index contributed by atoms with van der Waals surface area (Å²) >= 11 is 1.15. The van der Waals surface area contributed by atoms with E-state index in [2.05, 4.69) is 20.1 Å². The number of nitrogens with one attached hydrogen (secondary N) is 1. The zero-order valence-corrected chi connectivity index (χ0v) is 12.9. The van der Waals surface area contributed by atoms with Crippen LogP contribution in [0.4, 0.5) is 5.13 Å². The molecule has 0 aliphatic carbocycles. The number of rotatable bonds is 6. The molecular formula is C13H16N4O3S. The van der Waals surface area contributed by atoms with Gasteiger partial charge in [0.25, 0.3) is 0 Å². The number of methoxy groups -OCH3 is 1. The van der Waals surface area contributed by atoms with Gasteiger partial charge in [-0.2, -0.15) is 5.10 Å². The first kappa shape index (κ1) is 15.2. The quantitative estimate of drug-likeness (QED) is 0.646. The molecule has 0 amide bonds. The second kappa shape index (κ2) is 6.49. The number of hydrogen-bond acceptors (Lipinski definition) is 7. The fourth-order valence-corrected chi connectivity index (χ4v) is 2.61. The Kier molecular flexibility index (Phi) is 4.69. The third-order valence-electron chi connectivity index (χ3n) is 2.71. The van der Waals surface area contributed by atoms with Crippen LogP contribution in [-0.2, 0) is 11.3 Å². The molecule has 0 aliphatic rings. The van der Waals surface area contributed by atoms with Gasteiger partial charge in [-0.3, -0.25) is 9.48 Å². The van der Waals surface area contributed by atoms with Crippen molar-refractivity contribution in [1.82, 2.24) is 14.8 Å². The zero-order valence-electron chi connectivity index (χ0n) is 12.0. The largest absolute Gasteiger partial charge is 0.464 e. The van der Waals surface area contributed by atoms with Gasteiger partial charge in [0.2, 0.25) is 0 Å². The standard InChI is InChI=1S/C13H16N4O3S/c1-8-6-15-17(7-8)5-4-14-13-16-10(12(19)20-3)11(21-13)9(2)18/h6-7H,4-5H2,1-3H3,(H,14,16). The van der Waals surface area contributed by atoms with Crippen LogP contribution in [0.5, 0.6) is 0 Å². The fourth-order valence-electron chi connectivity index (χ4n) is 1.74. The van der Waals surface area contributed by atoms with E-state index in [1.54, 1.807) is 6.20 Å². The molecule has 2 rings (SSSR count). The summed E-state index contributed by atoms with van der Waals surface area (Å²) in [6.07, 6.45) is 3.72. The lowest BCUT2D eigenvalue weighted by molar-refractivity contribution is 0.0591. The Morgan fingerprint density at radius 3 is 2.81 bits per heavy atom. The molecule has 0 unspecified atom stereocenters. The number of carbonyl (C=O) groups excluding carboxylic acids is 2. The lowest BCUT2D eigenvalue weighted by Crippen LogP contribution is -2.11. The minimum Gasteiger partial charge on any atom is -0.464 e. The first-order chi connectivity index (χ1) is 10.0. The zero-order chi connectivity index (χ0) is 15.4. The molecule has 0 saturated heterocycles. The van der Waals surface area contributed by atoms with Crippen molar-refractivity contribution in [3.05, 3.63) is 28.5 Å². The van der Waals surface area contributed by atoms with Gasteiger partial charge in [-0.05, 0) is 12.5 Å². The van der Waals surface area contributed by atoms with Gasteiger partial charge in [-0.15, -0.1) is 0 Å². The molecule has 21 heavy (non-hydrogen) atoms. The Morgan fingerprint density at radius 2 is 2.24 bits per heavy atom. The SMILES string of the molecule is COC(=O)c1nc(NCCn2cc(C)cn2)sc1C(C)=O. The number of aromatic nitrogens is 3. The third kappa shape index (κ3) is 3.66. The number of aryl methyl sites for hydroxylation is 1. The summed E-state index contributed by atoms with van der Waals surface area (Å²) in [5, 5.41) is 7.77. The number of nitrogens with zero attached hydrogens (tertiary/aromatic N) is 3. The van der Waals surface area contributed by atoms with Crippen molar-refractivity contribution in [1.29, 1.82) is 0 Å². The highest BCUT2D eigenvalue weighted by molar-refractivity contribution is 7.17. The number of Topliss-reactive ketones (excluding diaryl/α,β-unsaturated/α-hetero) is 1. The van der Waals surface area contributed by atoms with E-state index in [1.807, 2.05) is 17.8 Å². The highest BCUT2D eigenvalue weighted by Gasteiger charge is 2.21. The van der Waals surface area contributed by atoms with Crippen LogP contribution < -0.4 is 5.32 Å². The van der Waals surface area contributed by atoms with Crippen LogP contribution in [0, 0.1) is 6.92 Å². The predicted octanol–water partition coefficient (Wildman–Crippen LogP) is 1.75. The first-order valence-electron chi connectivity index (χ1n) is 6.34. The van der Waals surface area contributed by atoms with Gasteiger partial charge in [-0.1, -0.05) is 11.3 Å². The van der Waals surface area contributed by atoms with Crippen molar-refractivity contribution < 1.29 is 14.3 Å². The summed E-state index contributed by atoms with van der Waals surface area (Å²) in [5.74, 6) is -0.809. The maximum absolute atomic E-state index is 11.6. The molecular weight excluding hydrogens is 292 g/mol. The number of thiazole rings is 1. The van der Waals surface area contributed by atoms with Gasteiger partial charge in [0.1, 0.15) is 4.88 Å². The highest BCUT2D eigenvalue weighted by atomic mass is 32.1. The van der Waals surface area contributed by atoms with E-state index in [9.17, 15) is 9.59 Å². The van der Waals surface area contributed by atoms with Gasteiger partial charge in [0, 0.05) is 19.7 Å². The average molecular weight is 308 g/mol. The van der Waals surface area contributed by atoms with Crippen LogP contribution >= 0.6 is 11.3 Å². The van der Waals surface area contributed by atoms with E-state index in [1.165, 1.54) is 14.0 Å². The second-order valence-electron chi connectivity index (χ2n) is 4.45. The number of esters is 1. The number of anilines is 1. The summed E-state index contributed by atoms with van der Waals surface area (Å²) in [6.45, 7) is 4.62. The Morgan fingerprint density at radius 1 is 1.48 bits per heavy atom. The summed E-state index contributed by atoms with van der Waals surface area (Å²) in [4.78, 5) is 27.5. The Bertz CT molecular complexity index is 662. The average Bonchev–Trinajstić information content (AvgIpc) is 3.05. The monoisotopic (exact) mass is 308 g/mol. The van der Waals surface area contributed by atoms with Crippen molar-refractivity contribution in [3.8, 4) is 0 Å². The molecule has 0 bridgehead atoms. The van der Waals surface area contributed by atoms with Gasteiger partial charge < -0.3 is 10.1 Å². The van der Waals surface area contributed by atoms with E-state index >= 15 is 0 Å². The molecule has 2 aromatic heterocycles. The van der Waals surface area contributed by atoms with Crippen LogP contribution in [0.3, 0.4) is 0 Å². The molecule has 0 spiro atoms. The maximum atomic E-state index is 11.6. The molecule has 0 aliphatic heterocycles. The lowest BCUT2D eigenvalue weighted by Gasteiger charge is -2.02. The first-order valence-corrected chi connectivity index (χ1v) is 7.16. The topological polar surface area (TPSA) is 86.1 Å². The van der Waals surface area contributed by atoms with Crippen LogP contribution in [0.15, 0.2) is 12.4 Å². The Balaban J connectivity index is 2.03. The molecule has 0 fully saturated rings. The van der Waals surface area contributed by atoms with Gasteiger partial charge in [0.15, 0.2) is 16.6 Å². The molecule has 112 valence electrons. The van der Waals surface area contributed by atoms with Crippen LogP contribution in [0.25, 0.3) is 0 Å². The normalized spacial score (nSPS) is 10.4. The molecule has 8 heteroatoms. The molecule has 7 nitrogen and oxygen atoms in total. The summed E-state index contributed by atoms with van der Waals surface area (Å²) in [6, 6.07) is 0. The Labute approximate surface area is 125 Å². The number of carbonyl (C=O) groups is 2. The van der Waals surface area contributed by atoms with Gasteiger partial charge in [0.05, 0.1) is 19.9 Å². The number of hydrogen-bond donors (Lipinski definition) is 1. The second-order valence-corrected chi connectivity index (χ2v) is 5.45. The predicted molar refractivity (Wildman–Crippen MR) is 78.9 cm³/mol. The van der Waals surface area contributed by atoms with Crippen molar-refractivity contribution in [2.75, 3.05) is 19.0 Å². The molecule has 0 radical (unpaired) electrons. The van der Waals surface area contributed by atoms with E-state index in [0.717, 1.165) is 16.9 Å². The van der Waals surface area contributed by atoms with E-state index in [4.69, 9.17) is 0 Å². The fraction of sp³-hybridized carbons (Fsp3) is 0.385. The summed E-state index contributed by atoms with van der Waals surface area (Å²) in [7, 11) is 1.26. The van der Waals surface area contributed by atoms with Crippen LogP contribution in [0.2, 0.25) is 0 Å². The van der Waals surface area contributed by atoms with E-state index in [-0.39, 0.29) is 11.5 Å². The van der Waals surface area contributed by atoms with Gasteiger partial charge >= 0.3 is 5.97 Å². The van der Waals surface area contributed by atoms with Crippen molar-refractivity contribution >= 4 is 28.2 Å². The van der Waals surface area contributed by atoms with Crippen LogP contribution in [0.1, 0.15) is 32.6 Å². The van der Waals surface area contributed by atoms with Crippen molar-refractivity contribution in [2.24, 2.45) is 0 Å². The Hall–Kier alpha value is -2.22. The number of ether oxygens (including phenoxy) is 1.